The van der Waals surface area contributed by atoms with Gasteiger partial charge in [0.05, 0.1) is 5.69 Å². The van der Waals surface area contributed by atoms with Crippen molar-refractivity contribution in [3.63, 3.8) is 0 Å². The standard InChI is InChI=1S/C15H13FN4O/c16-14-7-11(1-6-15(14)21)8-18-12-2-4-13(5-3-12)20-10-17-9-19-20/h1-7,9-10,18,21H,8H2. The average Bonchev–Trinajstić information content (AvgIpc) is 3.03. The predicted molar refractivity (Wildman–Crippen MR) is 76.8 cm³/mol. The predicted octanol–water partition coefficient (Wildman–Crippen LogP) is 2.72. The number of hydrogen-bond acceptors (Lipinski definition) is 4. The summed E-state index contributed by atoms with van der Waals surface area (Å²) in [5, 5.41) is 16.4. The molecule has 0 spiro atoms. The zero-order chi connectivity index (χ0) is 14.7. The van der Waals surface area contributed by atoms with Crippen LogP contribution in [0.4, 0.5) is 10.1 Å². The molecule has 6 heteroatoms. The summed E-state index contributed by atoms with van der Waals surface area (Å²) >= 11 is 0. The Labute approximate surface area is 120 Å². The second-order valence-electron chi connectivity index (χ2n) is 4.53. The number of rotatable bonds is 4. The summed E-state index contributed by atoms with van der Waals surface area (Å²) < 4.78 is 14.9. The average molecular weight is 284 g/mol. The maximum Gasteiger partial charge on any atom is 0.165 e. The van der Waals surface area contributed by atoms with Crippen LogP contribution in [0.25, 0.3) is 5.69 Å². The number of benzene rings is 2. The van der Waals surface area contributed by atoms with Crippen LogP contribution < -0.4 is 5.32 Å². The summed E-state index contributed by atoms with van der Waals surface area (Å²) in [6, 6.07) is 12.0. The smallest absolute Gasteiger partial charge is 0.165 e. The van der Waals surface area contributed by atoms with Crippen LogP contribution in [0.15, 0.2) is 55.1 Å². The molecule has 0 fully saturated rings. The number of hydrogen-bond donors (Lipinski definition) is 2. The molecule has 0 unspecified atom stereocenters. The van der Waals surface area contributed by atoms with Crippen molar-refractivity contribution in [2.75, 3.05) is 5.32 Å². The number of phenolic OH excluding ortho intramolecular Hbond substituents is 1. The first-order chi connectivity index (χ1) is 10.2. The normalized spacial score (nSPS) is 10.5. The third kappa shape index (κ3) is 3.00. The second-order valence-corrected chi connectivity index (χ2v) is 4.53. The maximum atomic E-state index is 13.2. The third-order valence-electron chi connectivity index (χ3n) is 3.06. The van der Waals surface area contributed by atoms with E-state index < -0.39 is 5.82 Å². The number of aromatic nitrogens is 3. The SMILES string of the molecule is Oc1ccc(CNc2ccc(-n3cncn3)cc2)cc1F. The minimum Gasteiger partial charge on any atom is -0.505 e. The van der Waals surface area contributed by atoms with E-state index in [1.165, 1.54) is 18.5 Å². The van der Waals surface area contributed by atoms with E-state index in [2.05, 4.69) is 15.4 Å². The molecule has 0 atom stereocenters. The Morgan fingerprint density at radius 1 is 1.14 bits per heavy atom. The summed E-state index contributed by atoms with van der Waals surface area (Å²) in [7, 11) is 0. The van der Waals surface area contributed by atoms with Crippen molar-refractivity contribution >= 4 is 5.69 Å². The zero-order valence-corrected chi connectivity index (χ0v) is 11.1. The van der Waals surface area contributed by atoms with Gasteiger partial charge in [-0.25, -0.2) is 14.1 Å². The van der Waals surface area contributed by atoms with E-state index in [4.69, 9.17) is 5.11 Å². The molecule has 3 rings (SSSR count). The molecule has 0 amide bonds. The van der Waals surface area contributed by atoms with Crippen molar-refractivity contribution in [2.24, 2.45) is 0 Å². The van der Waals surface area contributed by atoms with Crippen molar-refractivity contribution in [3.8, 4) is 11.4 Å². The van der Waals surface area contributed by atoms with Crippen molar-refractivity contribution in [1.82, 2.24) is 14.8 Å². The number of phenols is 1. The minimum absolute atomic E-state index is 0.337. The Morgan fingerprint density at radius 3 is 2.62 bits per heavy atom. The maximum absolute atomic E-state index is 13.2. The second kappa shape index (κ2) is 5.62. The van der Waals surface area contributed by atoms with Crippen molar-refractivity contribution < 1.29 is 9.50 Å². The highest BCUT2D eigenvalue weighted by Gasteiger charge is 2.02. The van der Waals surface area contributed by atoms with Crippen molar-refractivity contribution in [1.29, 1.82) is 0 Å². The van der Waals surface area contributed by atoms with Crippen molar-refractivity contribution in [3.05, 3.63) is 66.5 Å². The van der Waals surface area contributed by atoms with Gasteiger partial charge in [-0.15, -0.1) is 0 Å². The Hall–Kier alpha value is -2.89. The van der Waals surface area contributed by atoms with E-state index in [-0.39, 0.29) is 5.75 Å². The summed E-state index contributed by atoms with van der Waals surface area (Å²) in [6.45, 7) is 0.472. The van der Waals surface area contributed by atoms with Crippen LogP contribution in [0.1, 0.15) is 5.56 Å². The Kier molecular flexibility index (Phi) is 3.51. The molecular weight excluding hydrogens is 271 g/mol. The third-order valence-corrected chi connectivity index (χ3v) is 3.06. The van der Waals surface area contributed by atoms with Gasteiger partial charge in [0, 0.05) is 12.2 Å². The summed E-state index contributed by atoms with van der Waals surface area (Å²) in [4.78, 5) is 3.89. The number of aromatic hydroxyl groups is 1. The van der Waals surface area contributed by atoms with Gasteiger partial charge in [-0.3, -0.25) is 0 Å². The lowest BCUT2D eigenvalue weighted by Gasteiger charge is -2.08. The van der Waals surface area contributed by atoms with E-state index in [1.807, 2.05) is 24.3 Å². The lowest BCUT2D eigenvalue weighted by Crippen LogP contribution is -2.00. The topological polar surface area (TPSA) is 63.0 Å². The molecule has 1 heterocycles. The fourth-order valence-electron chi connectivity index (χ4n) is 1.94. The van der Waals surface area contributed by atoms with Gasteiger partial charge >= 0.3 is 0 Å². The van der Waals surface area contributed by atoms with Gasteiger partial charge in [-0.2, -0.15) is 5.10 Å². The highest BCUT2D eigenvalue weighted by Crippen LogP contribution is 2.18. The number of halogens is 1. The number of nitrogens with one attached hydrogen (secondary N) is 1. The molecule has 0 saturated heterocycles. The molecule has 0 aliphatic carbocycles. The van der Waals surface area contributed by atoms with Gasteiger partial charge < -0.3 is 10.4 Å². The lowest BCUT2D eigenvalue weighted by molar-refractivity contribution is 0.432. The summed E-state index contributed by atoms with van der Waals surface area (Å²) in [5.41, 5.74) is 2.58. The van der Waals surface area contributed by atoms with E-state index in [9.17, 15) is 4.39 Å². The highest BCUT2D eigenvalue weighted by molar-refractivity contribution is 5.48. The summed E-state index contributed by atoms with van der Waals surface area (Å²) in [5.74, 6) is -0.952. The van der Waals surface area contributed by atoms with Crippen LogP contribution in [0.2, 0.25) is 0 Å². The monoisotopic (exact) mass is 284 g/mol. The molecule has 3 aromatic rings. The Morgan fingerprint density at radius 2 is 1.95 bits per heavy atom. The van der Waals surface area contributed by atoms with Crippen LogP contribution in [0, 0.1) is 5.82 Å². The largest absolute Gasteiger partial charge is 0.505 e. The fraction of sp³-hybridized carbons (Fsp3) is 0.0667. The van der Waals surface area contributed by atoms with Crippen molar-refractivity contribution in [2.45, 2.75) is 6.54 Å². The molecule has 1 aromatic heterocycles. The van der Waals surface area contributed by atoms with Crippen LogP contribution >= 0.6 is 0 Å². The quantitative estimate of drug-likeness (QED) is 0.773. The van der Waals surface area contributed by atoms with Crippen LogP contribution in [0.5, 0.6) is 5.75 Å². The number of nitrogens with zero attached hydrogens (tertiary/aromatic N) is 3. The van der Waals surface area contributed by atoms with Gasteiger partial charge in [-0.1, -0.05) is 6.07 Å². The van der Waals surface area contributed by atoms with Crippen LogP contribution in [0.3, 0.4) is 0 Å². The first-order valence-electron chi connectivity index (χ1n) is 6.39. The van der Waals surface area contributed by atoms with E-state index in [1.54, 1.807) is 17.1 Å². The first kappa shape index (κ1) is 13.1. The molecule has 2 N–H and O–H groups in total. The Balaban J connectivity index is 1.66. The van der Waals surface area contributed by atoms with Gasteiger partial charge in [0.2, 0.25) is 0 Å². The van der Waals surface area contributed by atoms with E-state index in [0.29, 0.717) is 6.54 Å². The summed E-state index contributed by atoms with van der Waals surface area (Å²) in [6.07, 6.45) is 3.10. The molecule has 106 valence electrons. The highest BCUT2D eigenvalue weighted by atomic mass is 19.1. The molecule has 21 heavy (non-hydrogen) atoms. The molecular formula is C15H13FN4O. The molecule has 0 saturated carbocycles. The van der Waals surface area contributed by atoms with Crippen LogP contribution in [-0.4, -0.2) is 19.9 Å². The molecule has 0 aliphatic heterocycles. The minimum atomic E-state index is -0.615. The van der Waals surface area contributed by atoms with Crippen LogP contribution in [-0.2, 0) is 6.54 Å². The molecule has 2 aromatic carbocycles. The fourth-order valence-corrected chi connectivity index (χ4v) is 1.94. The lowest BCUT2D eigenvalue weighted by atomic mass is 10.2. The van der Waals surface area contributed by atoms with E-state index >= 15 is 0 Å². The molecule has 0 radical (unpaired) electrons. The molecule has 0 bridgehead atoms. The molecule has 0 aliphatic rings. The van der Waals surface area contributed by atoms with Gasteiger partial charge in [-0.05, 0) is 42.0 Å². The Bertz CT molecular complexity index is 726. The first-order valence-corrected chi connectivity index (χ1v) is 6.39. The zero-order valence-electron chi connectivity index (χ0n) is 11.1. The van der Waals surface area contributed by atoms with Gasteiger partial charge in [0.1, 0.15) is 12.7 Å². The van der Waals surface area contributed by atoms with Gasteiger partial charge in [0.25, 0.3) is 0 Å². The number of anilines is 1. The van der Waals surface area contributed by atoms with Gasteiger partial charge in [0.15, 0.2) is 11.6 Å². The van der Waals surface area contributed by atoms with E-state index in [0.717, 1.165) is 16.9 Å². The molecule has 5 nitrogen and oxygen atoms in total.